The summed E-state index contributed by atoms with van der Waals surface area (Å²) in [6.45, 7) is 8.13. The van der Waals surface area contributed by atoms with Gasteiger partial charge in [-0.05, 0) is 6.92 Å². The van der Waals surface area contributed by atoms with Crippen LogP contribution >= 0.6 is 0 Å². The van der Waals surface area contributed by atoms with Gasteiger partial charge in [0, 0.05) is 20.8 Å². The van der Waals surface area contributed by atoms with Crippen LogP contribution in [-0.4, -0.2) is 92.0 Å². The van der Waals surface area contributed by atoms with Gasteiger partial charge in [0.25, 0.3) is 0 Å². The molecule has 7 nitrogen and oxygen atoms in total. The van der Waals surface area contributed by atoms with E-state index in [1.54, 1.807) is 14.2 Å². The van der Waals surface area contributed by atoms with Crippen molar-refractivity contribution in [1.82, 2.24) is 0 Å². The molecule has 0 aliphatic heterocycles. The van der Waals surface area contributed by atoms with Crippen molar-refractivity contribution in [3.63, 3.8) is 0 Å². The molecule has 0 spiro atoms. The maximum Gasteiger partial charge on any atom is 0.0701 e. The minimum Gasteiger partial charge on any atom is -0.394 e. The highest BCUT2D eigenvalue weighted by molar-refractivity contribution is 4.31. The second-order valence-corrected chi connectivity index (χ2v) is 3.74. The van der Waals surface area contributed by atoms with E-state index in [1.165, 1.54) is 0 Å². The highest BCUT2D eigenvalue weighted by Gasteiger charge is 1.88. The molecule has 0 unspecified atom stereocenters. The number of aliphatic hydroxyl groups excluding tert-OH is 1. The summed E-state index contributed by atoms with van der Waals surface area (Å²) < 4.78 is 29.8. The molecule has 21 heavy (non-hydrogen) atoms. The summed E-state index contributed by atoms with van der Waals surface area (Å²) in [5, 5.41) is 8.32. The van der Waals surface area contributed by atoms with Crippen molar-refractivity contribution in [2.45, 2.75) is 6.92 Å². The lowest BCUT2D eigenvalue weighted by Crippen LogP contribution is -2.09. The fourth-order valence-electron chi connectivity index (χ4n) is 1.04. The quantitative estimate of drug-likeness (QED) is 0.437. The number of methoxy groups -OCH3 is 2. The zero-order valence-corrected chi connectivity index (χ0v) is 13.7. The van der Waals surface area contributed by atoms with Crippen LogP contribution in [0.15, 0.2) is 0 Å². The lowest BCUT2D eigenvalue weighted by Gasteiger charge is -2.03. The van der Waals surface area contributed by atoms with Crippen molar-refractivity contribution < 1.29 is 33.5 Å². The predicted octanol–water partition coefficient (Wildman–Crippen LogP) is 0.344. The molecule has 0 saturated carbocycles. The second-order valence-electron chi connectivity index (χ2n) is 3.74. The third-order valence-electron chi connectivity index (χ3n) is 2.05. The highest BCUT2D eigenvalue weighted by atomic mass is 16.5. The van der Waals surface area contributed by atoms with E-state index in [9.17, 15) is 0 Å². The molecule has 130 valence electrons. The van der Waals surface area contributed by atoms with E-state index >= 15 is 0 Å². The number of rotatable bonds is 15. The van der Waals surface area contributed by atoms with Gasteiger partial charge < -0.3 is 33.5 Å². The largest absolute Gasteiger partial charge is 0.394 e. The Hall–Kier alpha value is -0.280. The zero-order valence-electron chi connectivity index (χ0n) is 13.7. The van der Waals surface area contributed by atoms with E-state index in [4.69, 9.17) is 33.5 Å². The molecule has 0 radical (unpaired) electrons. The minimum absolute atomic E-state index is 0.0675. The first-order valence-corrected chi connectivity index (χ1v) is 7.23. The average Bonchev–Trinajstić information content (AvgIpc) is 2.51. The Morgan fingerprint density at radius 2 is 0.952 bits per heavy atom. The Morgan fingerprint density at radius 1 is 0.571 bits per heavy atom. The Bertz CT molecular complexity index is 142. The smallest absolute Gasteiger partial charge is 0.0701 e. The molecule has 0 saturated heterocycles. The van der Waals surface area contributed by atoms with E-state index in [2.05, 4.69) is 0 Å². The molecule has 0 aliphatic rings. The summed E-state index contributed by atoms with van der Waals surface area (Å²) in [4.78, 5) is 0. The second kappa shape index (κ2) is 24.7. The van der Waals surface area contributed by atoms with Crippen LogP contribution in [0.5, 0.6) is 0 Å². The number of hydrogen-bond acceptors (Lipinski definition) is 7. The lowest BCUT2D eigenvalue weighted by molar-refractivity contribution is 0.0159. The van der Waals surface area contributed by atoms with Crippen molar-refractivity contribution in [3.05, 3.63) is 0 Å². The first kappa shape index (κ1) is 23.0. The molecule has 0 heterocycles. The van der Waals surface area contributed by atoms with E-state index in [0.29, 0.717) is 59.5 Å². The Morgan fingerprint density at radius 3 is 1.33 bits per heavy atom. The maximum absolute atomic E-state index is 8.32. The van der Waals surface area contributed by atoms with Crippen molar-refractivity contribution >= 4 is 0 Å². The molecule has 0 aliphatic carbocycles. The average molecular weight is 312 g/mol. The van der Waals surface area contributed by atoms with Gasteiger partial charge >= 0.3 is 0 Å². The first-order chi connectivity index (χ1) is 10.3. The van der Waals surface area contributed by atoms with Crippen LogP contribution in [0.2, 0.25) is 0 Å². The topological polar surface area (TPSA) is 75.6 Å². The zero-order chi connectivity index (χ0) is 16.0. The lowest BCUT2D eigenvalue weighted by atomic mass is 10.7. The molecule has 0 fully saturated rings. The van der Waals surface area contributed by atoms with Crippen LogP contribution in [0.4, 0.5) is 0 Å². The molecule has 0 rings (SSSR count). The van der Waals surface area contributed by atoms with Crippen LogP contribution in [-0.2, 0) is 28.4 Å². The van der Waals surface area contributed by atoms with Crippen LogP contribution in [0.1, 0.15) is 6.92 Å². The first-order valence-electron chi connectivity index (χ1n) is 7.23. The number of hydrogen-bond donors (Lipinski definition) is 1. The molecule has 0 aromatic rings. The summed E-state index contributed by atoms with van der Waals surface area (Å²) in [6, 6.07) is 0. The van der Waals surface area contributed by atoms with Gasteiger partial charge in [0.15, 0.2) is 0 Å². The van der Waals surface area contributed by atoms with E-state index in [1.807, 2.05) is 6.92 Å². The fourth-order valence-corrected chi connectivity index (χ4v) is 1.04. The molecular formula is C14H32O7. The third-order valence-corrected chi connectivity index (χ3v) is 2.05. The molecule has 0 bridgehead atoms. The van der Waals surface area contributed by atoms with Gasteiger partial charge in [-0.3, -0.25) is 0 Å². The van der Waals surface area contributed by atoms with Gasteiger partial charge in [0.1, 0.15) is 0 Å². The molecule has 1 N–H and O–H groups in total. The van der Waals surface area contributed by atoms with E-state index in [-0.39, 0.29) is 6.61 Å². The SMILES string of the molecule is CCOCCOCCOC.COCCOCCOCCO. The van der Waals surface area contributed by atoms with Gasteiger partial charge in [0.2, 0.25) is 0 Å². The van der Waals surface area contributed by atoms with Crippen LogP contribution < -0.4 is 0 Å². The van der Waals surface area contributed by atoms with Gasteiger partial charge in [0.05, 0.1) is 66.1 Å². The van der Waals surface area contributed by atoms with Crippen LogP contribution in [0.3, 0.4) is 0 Å². The van der Waals surface area contributed by atoms with Gasteiger partial charge in [-0.25, -0.2) is 0 Å². The summed E-state index contributed by atoms with van der Waals surface area (Å²) in [6.07, 6.45) is 0. The summed E-state index contributed by atoms with van der Waals surface area (Å²) in [5.41, 5.74) is 0. The van der Waals surface area contributed by atoms with Crippen LogP contribution in [0, 0.1) is 0 Å². The molecule has 0 aromatic heterocycles. The Kier molecular flexibility index (Phi) is 27.1. The van der Waals surface area contributed by atoms with Gasteiger partial charge in [-0.2, -0.15) is 0 Å². The maximum atomic E-state index is 8.32. The third kappa shape index (κ3) is 28.6. The highest BCUT2D eigenvalue weighted by Crippen LogP contribution is 1.79. The van der Waals surface area contributed by atoms with E-state index in [0.717, 1.165) is 6.61 Å². The van der Waals surface area contributed by atoms with Gasteiger partial charge in [-0.1, -0.05) is 0 Å². The standard InChI is InChI=1S/C7H16O4.C7H16O3/c1-9-4-5-11-7-6-10-3-2-8;1-3-9-6-7-10-5-4-8-2/h8H,2-7H2,1H3;3-7H2,1-2H3. The van der Waals surface area contributed by atoms with Crippen molar-refractivity contribution in [3.8, 4) is 0 Å². The predicted molar refractivity (Wildman–Crippen MR) is 79.8 cm³/mol. The van der Waals surface area contributed by atoms with Gasteiger partial charge in [-0.15, -0.1) is 0 Å². The minimum atomic E-state index is 0.0675. The van der Waals surface area contributed by atoms with Crippen molar-refractivity contribution in [2.75, 3.05) is 86.9 Å². The Labute approximate surface area is 128 Å². The molecule has 0 aromatic carbocycles. The Balaban J connectivity index is 0. The van der Waals surface area contributed by atoms with E-state index < -0.39 is 0 Å². The normalized spacial score (nSPS) is 10.3. The summed E-state index contributed by atoms with van der Waals surface area (Å²) in [7, 11) is 3.29. The van der Waals surface area contributed by atoms with Crippen molar-refractivity contribution in [1.29, 1.82) is 0 Å². The monoisotopic (exact) mass is 312 g/mol. The molecule has 0 amide bonds. The molecule has 7 heteroatoms. The number of aliphatic hydroxyl groups is 1. The number of ether oxygens (including phenoxy) is 6. The van der Waals surface area contributed by atoms with Crippen LogP contribution in [0.25, 0.3) is 0 Å². The van der Waals surface area contributed by atoms with Crippen molar-refractivity contribution in [2.24, 2.45) is 0 Å². The fraction of sp³-hybridized carbons (Fsp3) is 1.00. The summed E-state index contributed by atoms with van der Waals surface area (Å²) >= 11 is 0. The molecular weight excluding hydrogens is 280 g/mol. The molecule has 0 atom stereocenters. The summed E-state index contributed by atoms with van der Waals surface area (Å²) in [5.74, 6) is 0.